The van der Waals surface area contributed by atoms with Crippen LogP contribution in [0.25, 0.3) is 0 Å². The lowest BCUT2D eigenvalue weighted by Crippen LogP contribution is -2.53. The third-order valence-electron chi connectivity index (χ3n) is 5.22. The Hall–Kier alpha value is -3.21. The second kappa shape index (κ2) is 12.6. The van der Waals surface area contributed by atoms with Gasteiger partial charge in [-0.05, 0) is 38.2 Å². The number of nitrogens with one attached hydrogen (secondary N) is 1. The highest BCUT2D eigenvalue weighted by Gasteiger charge is 2.37. The van der Waals surface area contributed by atoms with E-state index >= 15 is 0 Å². The number of aliphatic carboxylic acids is 1. The Morgan fingerprint density at radius 2 is 2.00 bits per heavy atom. The van der Waals surface area contributed by atoms with Crippen molar-refractivity contribution in [1.29, 1.82) is 0 Å². The fraction of sp³-hybridized carbons (Fsp3) is 0.571. The number of ether oxygens (including phenoxy) is 1. The zero-order valence-electron chi connectivity index (χ0n) is 18.0. The molecule has 11 heteroatoms. The van der Waals surface area contributed by atoms with Gasteiger partial charge in [0.1, 0.15) is 12.1 Å². The smallest absolute Gasteiger partial charge is 0.328 e. The van der Waals surface area contributed by atoms with E-state index in [-0.39, 0.29) is 25.5 Å². The first-order chi connectivity index (χ1) is 15.3. The Balaban J connectivity index is 1.86. The van der Waals surface area contributed by atoms with E-state index in [0.29, 0.717) is 32.2 Å². The van der Waals surface area contributed by atoms with Crippen molar-refractivity contribution in [2.75, 3.05) is 19.8 Å². The van der Waals surface area contributed by atoms with Gasteiger partial charge in [0.05, 0.1) is 19.3 Å². The van der Waals surface area contributed by atoms with Crippen LogP contribution in [0.1, 0.15) is 38.2 Å². The van der Waals surface area contributed by atoms with E-state index in [4.69, 9.17) is 4.74 Å². The van der Waals surface area contributed by atoms with Gasteiger partial charge in [0.25, 0.3) is 5.09 Å². The fourth-order valence-corrected chi connectivity index (χ4v) is 3.60. The predicted molar refractivity (Wildman–Crippen MR) is 112 cm³/mol. The van der Waals surface area contributed by atoms with Crippen LogP contribution in [0.3, 0.4) is 0 Å². The number of aryl methyl sites for hydroxylation is 1. The molecule has 3 unspecified atom stereocenters. The summed E-state index contributed by atoms with van der Waals surface area (Å²) in [7, 11) is 0. The number of rotatable bonds is 13. The van der Waals surface area contributed by atoms with Crippen molar-refractivity contribution in [2.45, 2.75) is 57.2 Å². The van der Waals surface area contributed by atoms with Gasteiger partial charge in [0.15, 0.2) is 0 Å². The average Bonchev–Trinajstić information content (AvgIpc) is 3.25. The Bertz CT molecular complexity index is 789. The van der Waals surface area contributed by atoms with E-state index in [1.807, 2.05) is 30.3 Å². The molecule has 32 heavy (non-hydrogen) atoms. The number of nitrogens with zero attached hydrogens (tertiary/aromatic N) is 2. The summed E-state index contributed by atoms with van der Waals surface area (Å²) in [6.45, 7) is 1.71. The third-order valence-corrected chi connectivity index (χ3v) is 5.22. The number of likely N-dealkylation sites (tertiary alicyclic amines) is 1. The van der Waals surface area contributed by atoms with Crippen LogP contribution >= 0.6 is 0 Å². The zero-order valence-corrected chi connectivity index (χ0v) is 18.0. The van der Waals surface area contributed by atoms with Crippen molar-refractivity contribution in [3.8, 4) is 0 Å². The predicted octanol–water partition coefficient (Wildman–Crippen LogP) is 1.18. The summed E-state index contributed by atoms with van der Waals surface area (Å²) in [6.07, 6.45) is 2.09. The summed E-state index contributed by atoms with van der Waals surface area (Å²) in [5, 5.41) is 21.6. The number of hydrogen-bond acceptors (Lipinski definition) is 8. The monoisotopic (exact) mass is 451 g/mol. The normalized spacial score (nSPS) is 17.4. The number of amides is 1. The molecule has 1 heterocycles. The molecule has 0 aliphatic carbocycles. The van der Waals surface area contributed by atoms with Crippen molar-refractivity contribution in [3.05, 3.63) is 46.0 Å². The molecule has 3 atom stereocenters. The Morgan fingerprint density at radius 1 is 1.28 bits per heavy atom. The van der Waals surface area contributed by atoms with E-state index in [1.165, 1.54) is 4.90 Å². The molecule has 0 spiro atoms. The lowest BCUT2D eigenvalue weighted by atomic mass is 10.0. The van der Waals surface area contributed by atoms with E-state index in [2.05, 4.69) is 10.2 Å². The number of esters is 1. The summed E-state index contributed by atoms with van der Waals surface area (Å²) < 4.78 is 5.12. The van der Waals surface area contributed by atoms with Crippen molar-refractivity contribution in [3.63, 3.8) is 0 Å². The van der Waals surface area contributed by atoms with Crippen LogP contribution in [-0.4, -0.2) is 70.8 Å². The Morgan fingerprint density at radius 3 is 2.66 bits per heavy atom. The maximum absolute atomic E-state index is 12.9. The lowest BCUT2D eigenvalue weighted by molar-refractivity contribution is -0.757. The topological polar surface area (TPSA) is 148 Å². The van der Waals surface area contributed by atoms with Gasteiger partial charge in [-0.25, -0.2) is 4.79 Å². The van der Waals surface area contributed by atoms with Gasteiger partial charge in [0, 0.05) is 13.0 Å². The summed E-state index contributed by atoms with van der Waals surface area (Å²) in [5.41, 5.74) is 1.01. The maximum Gasteiger partial charge on any atom is 0.328 e. The maximum atomic E-state index is 12.9. The number of carbonyl (C=O) groups is 3. The van der Waals surface area contributed by atoms with Crippen LogP contribution in [-0.2, 0) is 30.4 Å². The van der Waals surface area contributed by atoms with Crippen LogP contribution in [0.15, 0.2) is 30.3 Å². The molecule has 1 amide bonds. The molecule has 0 radical (unpaired) electrons. The standard InChI is InChI=1S/C21H29N3O8/c1-15(22-17(20(26)27)11-10-16-7-3-2-4-8-16)19(25)23-12-5-9-18(23)21(28)31-13-6-14-32-24(29)30/h2-4,7-8,15,17-18,22H,5-6,9-14H2,1H3,(H,26,27). The first-order valence-corrected chi connectivity index (χ1v) is 10.6. The molecule has 176 valence electrons. The molecule has 1 aromatic rings. The molecule has 0 bridgehead atoms. The highest BCUT2D eigenvalue weighted by atomic mass is 16.9. The van der Waals surface area contributed by atoms with Gasteiger partial charge in [-0.1, -0.05) is 30.3 Å². The summed E-state index contributed by atoms with van der Waals surface area (Å²) in [4.78, 5) is 52.6. The molecular weight excluding hydrogens is 422 g/mol. The molecule has 1 aliphatic rings. The number of carboxylic acid groups (broad SMARTS) is 1. The molecule has 0 aromatic heterocycles. The van der Waals surface area contributed by atoms with E-state index in [9.17, 15) is 29.6 Å². The van der Waals surface area contributed by atoms with Crippen LogP contribution in [0, 0.1) is 10.1 Å². The molecule has 2 N–H and O–H groups in total. The van der Waals surface area contributed by atoms with Crippen molar-refractivity contribution < 1.29 is 34.2 Å². The van der Waals surface area contributed by atoms with Gasteiger partial charge in [-0.15, -0.1) is 10.1 Å². The van der Waals surface area contributed by atoms with E-state index in [1.54, 1.807) is 6.92 Å². The van der Waals surface area contributed by atoms with Crippen LogP contribution in [0.5, 0.6) is 0 Å². The summed E-state index contributed by atoms with van der Waals surface area (Å²) in [5.74, 6) is -2.00. The minimum absolute atomic E-state index is 0.0560. The SMILES string of the molecule is CC(NC(CCc1ccccc1)C(=O)O)C(=O)N1CCCC1C(=O)OCCCO[N+](=O)[O-]. The first-order valence-electron chi connectivity index (χ1n) is 10.6. The quantitative estimate of drug-likeness (QED) is 0.195. The molecular formula is C21H29N3O8. The minimum Gasteiger partial charge on any atom is -0.480 e. The second-order valence-corrected chi connectivity index (χ2v) is 7.57. The Kier molecular flexibility index (Phi) is 9.86. The van der Waals surface area contributed by atoms with Crippen LogP contribution < -0.4 is 5.32 Å². The van der Waals surface area contributed by atoms with Crippen molar-refractivity contribution >= 4 is 17.8 Å². The third kappa shape index (κ3) is 7.80. The van der Waals surface area contributed by atoms with Crippen LogP contribution in [0.4, 0.5) is 0 Å². The van der Waals surface area contributed by atoms with Crippen molar-refractivity contribution in [2.24, 2.45) is 0 Å². The largest absolute Gasteiger partial charge is 0.480 e. The van der Waals surface area contributed by atoms with Gasteiger partial charge >= 0.3 is 11.9 Å². The zero-order chi connectivity index (χ0) is 23.5. The van der Waals surface area contributed by atoms with Gasteiger partial charge in [0.2, 0.25) is 5.91 Å². The van der Waals surface area contributed by atoms with Crippen LogP contribution in [0.2, 0.25) is 0 Å². The molecule has 0 saturated carbocycles. The molecule has 1 aliphatic heterocycles. The van der Waals surface area contributed by atoms with Gasteiger partial charge in [-0.2, -0.15) is 0 Å². The second-order valence-electron chi connectivity index (χ2n) is 7.57. The number of carbonyl (C=O) groups excluding carboxylic acids is 2. The highest BCUT2D eigenvalue weighted by Crippen LogP contribution is 2.20. The molecule has 1 fully saturated rings. The van der Waals surface area contributed by atoms with E-state index < -0.39 is 35.2 Å². The first kappa shape index (κ1) is 25.1. The Labute approximate surface area is 185 Å². The highest BCUT2D eigenvalue weighted by molar-refractivity contribution is 5.88. The van der Waals surface area contributed by atoms with Crippen molar-refractivity contribution in [1.82, 2.24) is 10.2 Å². The molecule has 1 saturated heterocycles. The number of benzene rings is 1. The molecule has 1 aromatic carbocycles. The van der Waals surface area contributed by atoms with Gasteiger partial charge in [-0.3, -0.25) is 14.9 Å². The minimum atomic E-state index is -1.05. The number of hydrogen-bond donors (Lipinski definition) is 2. The summed E-state index contributed by atoms with van der Waals surface area (Å²) >= 11 is 0. The molecule has 11 nitrogen and oxygen atoms in total. The van der Waals surface area contributed by atoms with Gasteiger partial charge < -0.3 is 19.6 Å². The molecule has 2 rings (SSSR count). The van der Waals surface area contributed by atoms with E-state index in [0.717, 1.165) is 5.56 Å². The summed E-state index contributed by atoms with van der Waals surface area (Å²) in [6, 6.07) is 7.01. The fourth-order valence-electron chi connectivity index (χ4n) is 3.60. The number of carboxylic acids is 1. The average molecular weight is 451 g/mol. The lowest BCUT2D eigenvalue weighted by Gasteiger charge is -2.28.